The minimum atomic E-state index is -5.87. The van der Waals surface area contributed by atoms with Crippen molar-refractivity contribution in [1.82, 2.24) is 4.98 Å². The van der Waals surface area contributed by atoms with E-state index in [9.17, 15) is 26.5 Å². The first-order valence-electron chi connectivity index (χ1n) is 3.63. The van der Waals surface area contributed by atoms with Crippen molar-refractivity contribution in [1.29, 1.82) is 0 Å². The Morgan fingerprint density at radius 2 is 2.25 bits per heavy atom. The van der Waals surface area contributed by atoms with Gasteiger partial charge in [0.15, 0.2) is 23.1 Å². The molecule has 0 saturated carbocycles. The quantitative estimate of drug-likeness (QED) is 0.549. The molecule has 0 N–H and O–H groups in total. The Morgan fingerprint density at radius 3 is 2.69 bits per heavy atom. The molecule has 0 amide bonds. The number of alkyl halides is 2. The van der Waals surface area contributed by atoms with Gasteiger partial charge >= 0.3 is 11.2 Å². The zero-order valence-corrected chi connectivity index (χ0v) is 8.24. The smallest absolute Gasteiger partial charge is 0.376 e. The van der Waals surface area contributed by atoms with E-state index in [2.05, 4.69) is 14.1 Å². The van der Waals surface area contributed by atoms with Crippen LogP contribution in [0.15, 0.2) is 17.0 Å². The van der Waals surface area contributed by atoms with E-state index >= 15 is 0 Å². The molecule has 10 heteroatoms. The second-order valence-electron chi connectivity index (χ2n) is 2.53. The fourth-order valence-corrected chi connectivity index (χ4v) is 0.813. The summed E-state index contributed by atoms with van der Waals surface area (Å²) in [7, 11) is -5.87. The van der Waals surface area contributed by atoms with Gasteiger partial charge in [0.05, 0.1) is 6.20 Å². The van der Waals surface area contributed by atoms with Crippen LogP contribution in [0.2, 0.25) is 0 Å². The van der Waals surface area contributed by atoms with Gasteiger partial charge in [0.2, 0.25) is 5.76 Å². The molecule has 0 aliphatic rings. The van der Waals surface area contributed by atoms with Crippen LogP contribution in [0.5, 0.6) is 0 Å². The zero-order chi connectivity index (χ0) is 12.4. The molecule has 1 rings (SSSR count). The first-order valence-corrected chi connectivity index (χ1v) is 5.04. The fourth-order valence-electron chi connectivity index (χ4n) is 0.609. The third-order valence-corrected chi connectivity index (χ3v) is 2.22. The highest BCUT2D eigenvalue weighted by Gasteiger charge is 2.39. The summed E-state index contributed by atoms with van der Waals surface area (Å²) in [5, 5.41) is -4.68. The van der Waals surface area contributed by atoms with Gasteiger partial charge in [-0.1, -0.05) is 0 Å². The van der Waals surface area contributed by atoms with Crippen LogP contribution in [0.25, 0.3) is 0 Å². The molecular weight excluding hydrogens is 252 g/mol. The number of carbonyl (C=O) groups is 1. The monoisotopic (exact) mass is 256 g/mol. The third-order valence-electron chi connectivity index (χ3n) is 1.37. The first-order chi connectivity index (χ1) is 7.24. The van der Waals surface area contributed by atoms with Crippen molar-refractivity contribution in [2.24, 2.45) is 0 Å². The van der Waals surface area contributed by atoms with Crippen molar-refractivity contribution >= 4 is 16.1 Å². The molecule has 1 aromatic rings. The van der Waals surface area contributed by atoms with Crippen LogP contribution in [0.4, 0.5) is 8.78 Å². The Morgan fingerprint density at radius 1 is 1.62 bits per heavy atom. The van der Waals surface area contributed by atoms with Crippen LogP contribution < -0.4 is 0 Å². The largest absolute Gasteiger partial charge is 0.743 e. The lowest BCUT2D eigenvalue weighted by Gasteiger charge is -2.18. The molecule has 0 spiro atoms. The number of esters is 1. The summed E-state index contributed by atoms with van der Waals surface area (Å²) >= 11 is 0. The van der Waals surface area contributed by atoms with Crippen LogP contribution in [-0.2, 0) is 14.9 Å². The average molecular weight is 256 g/mol. The van der Waals surface area contributed by atoms with Crippen LogP contribution in [-0.4, -0.2) is 35.8 Å². The van der Waals surface area contributed by atoms with E-state index in [0.29, 0.717) is 0 Å². The summed E-state index contributed by atoms with van der Waals surface area (Å²) in [6, 6.07) is 0. The summed E-state index contributed by atoms with van der Waals surface area (Å²) in [6.07, 6.45) is 1.73. The Kier molecular flexibility index (Phi) is 3.24. The van der Waals surface area contributed by atoms with Gasteiger partial charge in [-0.25, -0.2) is 18.2 Å². The van der Waals surface area contributed by atoms with E-state index in [4.69, 9.17) is 0 Å². The van der Waals surface area contributed by atoms with E-state index in [1.165, 1.54) is 0 Å². The summed E-state index contributed by atoms with van der Waals surface area (Å²) in [5.74, 6) is -1.83. The molecule has 0 unspecified atom stereocenters. The molecule has 1 heterocycles. The van der Waals surface area contributed by atoms with E-state index in [0.717, 1.165) is 12.6 Å². The number of rotatable bonds is 4. The topological polar surface area (TPSA) is 110 Å². The van der Waals surface area contributed by atoms with Gasteiger partial charge in [-0.2, -0.15) is 8.78 Å². The molecule has 0 saturated heterocycles. The SMILES string of the molecule is O=C(OCC(F)(F)S(=O)(=O)[O-])c1cnco1. The lowest BCUT2D eigenvalue weighted by Crippen LogP contribution is -2.34. The molecule has 0 aliphatic carbocycles. The van der Waals surface area contributed by atoms with Gasteiger partial charge < -0.3 is 13.7 Å². The molecule has 7 nitrogen and oxygen atoms in total. The van der Waals surface area contributed by atoms with Crippen LogP contribution in [0.1, 0.15) is 10.6 Å². The maximum absolute atomic E-state index is 12.5. The maximum Gasteiger partial charge on any atom is 0.376 e. The highest BCUT2D eigenvalue weighted by molar-refractivity contribution is 7.86. The highest BCUT2D eigenvalue weighted by atomic mass is 32.2. The summed E-state index contributed by atoms with van der Waals surface area (Å²) in [5.41, 5.74) is 0. The molecular formula is C6H4F2NO6S-. The molecule has 0 radical (unpaired) electrons. The van der Waals surface area contributed by atoms with Gasteiger partial charge in [-0.3, -0.25) is 0 Å². The van der Waals surface area contributed by atoms with Gasteiger partial charge in [0, 0.05) is 0 Å². The Bertz CT molecular complexity index is 467. The van der Waals surface area contributed by atoms with Gasteiger partial charge in [0.25, 0.3) is 0 Å². The molecule has 0 fully saturated rings. The number of carbonyl (C=O) groups excluding carboxylic acids is 1. The second-order valence-corrected chi connectivity index (χ2v) is 4.04. The van der Waals surface area contributed by atoms with Crippen LogP contribution >= 0.6 is 0 Å². The predicted molar refractivity (Wildman–Crippen MR) is 41.4 cm³/mol. The standard InChI is InChI=1S/C6H5F2NO6S/c7-6(8,16(11,12)13)2-14-5(10)4-1-9-3-15-4/h1,3H,2H2,(H,11,12,13)/p-1. The second kappa shape index (κ2) is 4.14. The van der Waals surface area contributed by atoms with Crippen molar-refractivity contribution in [3.05, 3.63) is 18.4 Å². The van der Waals surface area contributed by atoms with Gasteiger partial charge in [0.1, 0.15) is 0 Å². The zero-order valence-electron chi connectivity index (χ0n) is 7.42. The Hall–Kier alpha value is -1.55. The van der Waals surface area contributed by atoms with Crippen molar-refractivity contribution < 1.29 is 35.7 Å². The molecule has 90 valence electrons. The fraction of sp³-hybridized carbons (Fsp3) is 0.333. The van der Waals surface area contributed by atoms with E-state index in [1.54, 1.807) is 0 Å². The first kappa shape index (κ1) is 12.5. The van der Waals surface area contributed by atoms with Crippen LogP contribution in [0, 0.1) is 0 Å². The lowest BCUT2D eigenvalue weighted by molar-refractivity contribution is -0.0118. The minimum absolute atomic E-state index is 0.487. The molecule has 0 atom stereocenters. The van der Waals surface area contributed by atoms with Crippen molar-refractivity contribution in [2.45, 2.75) is 5.25 Å². The maximum atomic E-state index is 12.5. The summed E-state index contributed by atoms with van der Waals surface area (Å²) in [6.45, 7) is -1.88. The van der Waals surface area contributed by atoms with Crippen LogP contribution in [0.3, 0.4) is 0 Å². The molecule has 0 aromatic carbocycles. The number of hydrogen-bond donors (Lipinski definition) is 0. The van der Waals surface area contributed by atoms with E-state index in [1.807, 2.05) is 0 Å². The Labute approximate surface area is 87.8 Å². The van der Waals surface area contributed by atoms with Crippen molar-refractivity contribution in [2.75, 3.05) is 6.61 Å². The average Bonchev–Trinajstić information content (AvgIpc) is 2.65. The minimum Gasteiger partial charge on any atom is -0.743 e. The number of hydrogen-bond acceptors (Lipinski definition) is 7. The number of nitrogens with zero attached hydrogens (tertiary/aromatic N) is 1. The number of halogens is 2. The number of ether oxygens (including phenoxy) is 1. The van der Waals surface area contributed by atoms with Crippen molar-refractivity contribution in [3.8, 4) is 0 Å². The molecule has 0 bridgehead atoms. The van der Waals surface area contributed by atoms with E-state index < -0.39 is 33.7 Å². The molecule has 16 heavy (non-hydrogen) atoms. The summed E-state index contributed by atoms with van der Waals surface area (Å²) < 4.78 is 63.3. The lowest BCUT2D eigenvalue weighted by atomic mass is 10.5. The summed E-state index contributed by atoms with van der Waals surface area (Å²) in [4.78, 5) is 14.2. The highest BCUT2D eigenvalue weighted by Crippen LogP contribution is 2.20. The molecule has 1 aromatic heterocycles. The normalized spacial score (nSPS) is 12.4. The van der Waals surface area contributed by atoms with Gasteiger partial charge in [-0.15, -0.1) is 0 Å². The Balaban J connectivity index is 2.63. The predicted octanol–water partition coefficient (Wildman–Crippen LogP) is -0.0306. The number of aromatic nitrogens is 1. The van der Waals surface area contributed by atoms with E-state index in [-0.39, 0.29) is 0 Å². The molecule has 0 aliphatic heterocycles. The van der Waals surface area contributed by atoms with Gasteiger partial charge in [-0.05, 0) is 0 Å². The number of oxazole rings is 1. The third kappa shape index (κ3) is 2.73. The van der Waals surface area contributed by atoms with Crippen molar-refractivity contribution in [3.63, 3.8) is 0 Å².